The summed E-state index contributed by atoms with van der Waals surface area (Å²) in [5.41, 5.74) is 5.74. The highest BCUT2D eigenvalue weighted by Crippen LogP contribution is 2.44. The SMILES string of the molecule is CSc1ccc(/C=C2/C(C)=C(CC(=O)S)c3cc(F)ccc32)cc1. The fraction of sp³-hybridized carbons (Fsp3) is 0.150. The summed E-state index contributed by atoms with van der Waals surface area (Å²) in [6, 6.07) is 13.0. The monoisotopic (exact) mass is 356 g/mol. The molecule has 24 heavy (non-hydrogen) atoms. The average molecular weight is 356 g/mol. The molecule has 0 unspecified atom stereocenters. The maximum Gasteiger partial charge on any atom is 0.190 e. The Morgan fingerprint density at radius 2 is 1.88 bits per heavy atom. The van der Waals surface area contributed by atoms with Crippen LogP contribution in [0.15, 0.2) is 52.9 Å². The largest absolute Gasteiger partial charge is 0.287 e. The molecular formula is C20H17FOS2. The maximum atomic E-state index is 13.7. The van der Waals surface area contributed by atoms with E-state index in [1.54, 1.807) is 17.8 Å². The van der Waals surface area contributed by atoms with Gasteiger partial charge in [-0.15, -0.1) is 24.4 Å². The first-order valence-electron chi connectivity index (χ1n) is 7.57. The number of benzene rings is 2. The van der Waals surface area contributed by atoms with Crippen LogP contribution in [0.25, 0.3) is 17.2 Å². The molecule has 122 valence electrons. The van der Waals surface area contributed by atoms with Crippen molar-refractivity contribution < 1.29 is 9.18 Å². The van der Waals surface area contributed by atoms with E-state index in [0.717, 1.165) is 33.4 Å². The number of thioether (sulfide) groups is 1. The molecule has 0 saturated heterocycles. The quantitative estimate of drug-likeness (QED) is 0.557. The van der Waals surface area contributed by atoms with Crippen LogP contribution in [0.3, 0.4) is 0 Å². The van der Waals surface area contributed by atoms with Gasteiger partial charge in [-0.3, -0.25) is 4.79 Å². The van der Waals surface area contributed by atoms with Crippen LogP contribution >= 0.6 is 24.4 Å². The van der Waals surface area contributed by atoms with Crippen molar-refractivity contribution >= 4 is 46.7 Å². The summed E-state index contributed by atoms with van der Waals surface area (Å²) in [5, 5.41) is -0.217. The fourth-order valence-electron chi connectivity index (χ4n) is 3.00. The second-order valence-electron chi connectivity index (χ2n) is 5.70. The van der Waals surface area contributed by atoms with Gasteiger partial charge in [0.25, 0.3) is 0 Å². The molecule has 1 aliphatic rings. The zero-order valence-electron chi connectivity index (χ0n) is 13.5. The number of halogens is 1. The van der Waals surface area contributed by atoms with Gasteiger partial charge >= 0.3 is 0 Å². The van der Waals surface area contributed by atoms with E-state index >= 15 is 0 Å². The highest BCUT2D eigenvalue weighted by atomic mass is 32.2. The molecule has 1 nitrogen and oxygen atoms in total. The molecule has 0 radical (unpaired) electrons. The Labute approximate surface area is 151 Å². The standard InChI is InChI=1S/C20H17FOS2/c1-12-17(9-13-3-6-15(24-2)7-4-13)16-8-5-14(21)10-19(16)18(12)11-20(22)23/h3-10H,11H2,1-2H3,(H,22,23)/b17-9-. The minimum atomic E-state index is -0.295. The van der Waals surface area contributed by atoms with Gasteiger partial charge in [-0.05, 0) is 76.9 Å². The number of hydrogen-bond acceptors (Lipinski definition) is 2. The Balaban J connectivity index is 2.11. The van der Waals surface area contributed by atoms with E-state index in [4.69, 9.17) is 0 Å². The summed E-state index contributed by atoms with van der Waals surface area (Å²) in [6.07, 6.45) is 4.34. The van der Waals surface area contributed by atoms with Crippen molar-refractivity contribution in [2.75, 3.05) is 6.26 Å². The van der Waals surface area contributed by atoms with E-state index in [-0.39, 0.29) is 17.4 Å². The summed E-state index contributed by atoms with van der Waals surface area (Å²) < 4.78 is 13.7. The lowest BCUT2D eigenvalue weighted by atomic mass is 10.0. The first-order valence-corrected chi connectivity index (χ1v) is 9.24. The van der Waals surface area contributed by atoms with Gasteiger partial charge in [0.05, 0.1) is 0 Å². The van der Waals surface area contributed by atoms with Crippen LogP contribution in [0.2, 0.25) is 0 Å². The van der Waals surface area contributed by atoms with E-state index in [1.165, 1.54) is 17.0 Å². The first-order chi connectivity index (χ1) is 11.5. The van der Waals surface area contributed by atoms with Gasteiger partial charge in [0.2, 0.25) is 0 Å². The third kappa shape index (κ3) is 3.35. The van der Waals surface area contributed by atoms with Gasteiger partial charge in [0.1, 0.15) is 5.82 Å². The van der Waals surface area contributed by atoms with Gasteiger partial charge < -0.3 is 0 Å². The molecule has 3 rings (SSSR count). The normalized spacial score (nSPS) is 15.1. The number of fused-ring (bicyclic) bond motifs is 1. The number of carbonyl (C=O) groups is 1. The summed E-state index contributed by atoms with van der Waals surface area (Å²) >= 11 is 5.59. The average Bonchev–Trinajstić information content (AvgIpc) is 2.80. The summed E-state index contributed by atoms with van der Waals surface area (Å²) in [4.78, 5) is 12.7. The van der Waals surface area contributed by atoms with Gasteiger partial charge in [-0.25, -0.2) is 4.39 Å². The molecule has 0 saturated carbocycles. The molecule has 2 aromatic carbocycles. The molecule has 0 spiro atoms. The minimum Gasteiger partial charge on any atom is -0.287 e. The van der Waals surface area contributed by atoms with Crippen molar-refractivity contribution in [3.05, 3.63) is 70.5 Å². The number of rotatable bonds is 4. The molecule has 0 N–H and O–H groups in total. The third-order valence-corrected chi connectivity index (χ3v) is 5.11. The molecule has 0 bridgehead atoms. The lowest BCUT2D eigenvalue weighted by Gasteiger charge is -2.05. The van der Waals surface area contributed by atoms with Crippen LogP contribution in [-0.2, 0) is 4.79 Å². The molecule has 1 aliphatic carbocycles. The summed E-state index contributed by atoms with van der Waals surface area (Å²) in [6.45, 7) is 1.98. The minimum absolute atomic E-state index is 0.203. The van der Waals surface area contributed by atoms with E-state index in [1.807, 2.05) is 13.2 Å². The van der Waals surface area contributed by atoms with Crippen LogP contribution < -0.4 is 0 Å². The molecule has 4 heteroatoms. The van der Waals surface area contributed by atoms with Gasteiger partial charge in [0.15, 0.2) is 5.12 Å². The van der Waals surface area contributed by atoms with Crippen molar-refractivity contribution in [1.29, 1.82) is 0 Å². The first kappa shape index (κ1) is 17.1. The maximum absolute atomic E-state index is 13.7. The van der Waals surface area contributed by atoms with Gasteiger partial charge in [-0.2, -0.15) is 0 Å². The molecule has 0 amide bonds. The van der Waals surface area contributed by atoms with Crippen LogP contribution in [0.1, 0.15) is 30.0 Å². The van der Waals surface area contributed by atoms with Crippen molar-refractivity contribution in [1.82, 2.24) is 0 Å². The van der Waals surface area contributed by atoms with Gasteiger partial charge in [0, 0.05) is 11.3 Å². The van der Waals surface area contributed by atoms with Crippen molar-refractivity contribution in [3.63, 3.8) is 0 Å². The van der Waals surface area contributed by atoms with Crippen LogP contribution in [0.5, 0.6) is 0 Å². The topological polar surface area (TPSA) is 17.1 Å². The van der Waals surface area contributed by atoms with E-state index in [9.17, 15) is 9.18 Å². The van der Waals surface area contributed by atoms with Crippen LogP contribution in [0, 0.1) is 5.82 Å². The predicted molar refractivity (Wildman–Crippen MR) is 104 cm³/mol. The number of allylic oxidation sites excluding steroid dienone is 3. The number of carbonyl (C=O) groups excluding carboxylic acids is 1. The third-order valence-electron chi connectivity index (χ3n) is 4.21. The van der Waals surface area contributed by atoms with E-state index < -0.39 is 0 Å². The molecule has 0 aliphatic heterocycles. The molecule has 0 heterocycles. The molecule has 0 fully saturated rings. The van der Waals surface area contributed by atoms with E-state index in [0.29, 0.717) is 0 Å². The Bertz CT molecular complexity index is 864. The van der Waals surface area contributed by atoms with Crippen molar-refractivity contribution in [2.24, 2.45) is 0 Å². The smallest absolute Gasteiger partial charge is 0.190 e. The van der Waals surface area contributed by atoms with Crippen molar-refractivity contribution in [2.45, 2.75) is 18.2 Å². The zero-order valence-corrected chi connectivity index (χ0v) is 15.2. The Kier molecular flexibility index (Phi) is 4.97. The van der Waals surface area contributed by atoms with Crippen molar-refractivity contribution in [3.8, 4) is 0 Å². The lowest BCUT2D eigenvalue weighted by molar-refractivity contribution is -0.109. The highest BCUT2D eigenvalue weighted by molar-refractivity contribution is 7.98. The molecule has 2 aromatic rings. The fourth-order valence-corrected chi connectivity index (χ4v) is 3.57. The summed E-state index contributed by atoms with van der Waals surface area (Å²) in [7, 11) is 0. The predicted octanol–water partition coefficient (Wildman–Crippen LogP) is 5.72. The lowest BCUT2D eigenvalue weighted by Crippen LogP contribution is -1.91. The van der Waals surface area contributed by atoms with Crippen LogP contribution in [-0.4, -0.2) is 11.4 Å². The second kappa shape index (κ2) is 6.99. The highest BCUT2D eigenvalue weighted by Gasteiger charge is 2.25. The number of thiol groups is 1. The molecule has 0 atom stereocenters. The summed E-state index contributed by atoms with van der Waals surface area (Å²) in [5.74, 6) is -0.295. The van der Waals surface area contributed by atoms with Gasteiger partial charge in [-0.1, -0.05) is 18.2 Å². The Morgan fingerprint density at radius 3 is 2.50 bits per heavy atom. The molecular weight excluding hydrogens is 339 g/mol. The zero-order chi connectivity index (χ0) is 17.3. The van der Waals surface area contributed by atoms with Crippen LogP contribution in [0.4, 0.5) is 4.39 Å². The second-order valence-corrected chi connectivity index (χ2v) is 7.07. The molecule has 0 aromatic heterocycles. The Hall–Kier alpha value is -1.78. The van der Waals surface area contributed by atoms with E-state index in [2.05, 4.69) is 43.0 Å². The number of hydrogen-bond donors (Lipinski definition) is 1. The Morgan fingerprint density at radius 1 is 1.17 bits per heavy atom.